The van der Waals surface area contributed by atoms with Crippen molar-refractivity contribution in [1.29, 1.82) is 5.26 Å². The van der Waals surface area contributed by atoms with Crippen LogP contribution >= 0.6 is 11.6 Å². The van der Waals surface area contributed by atoms with Gasteiger partial charge in [0.25, 0.3) is 0 Å². The van der Waals surface area contributed by atoms with Gasteiger partial charge in [-0.15, -0.1) is 0 Å². The smallest absolute Gasteiger partial charge is 0.137 e. The summed E-state index contributed by atoms with van der Waals surface area (Å²) in [6, 6.07) is 6.80. The Morgan fingerprint density at radius 2 is 2.33 bits per heavy atom. The summed E-state index contributed by atoms with van der Waals surface area (Å²) in [4.78, 5) is 0. The van der Waals surface area contributed by atoms with E-state index >= 15 is 0 Å². The van der Waals surface area contributed by atoms with Gasteiger partial charge in [-0.05, 0) is 24.6 Å². The van der Waals surface area contributed by atoms with Crippen LogP contribution in [-0.4, -0.2) is 17.8 Å². The minimum absolute atomic E-state index is 0.187. The Balaban J connectivity index is 2.73. The number of halogens is 1. The SMILES string of the molecule is CC[C@@H](O)COc1ccc(Cl)cc1C#N. The van der Waals surface area contributed by atoms with Crippen molar-refractivity contribution >= 4 is 11.6 Å². The van der Waals surface area contributed by atoms with E-state index in [4.69, 9.17) is 21.6 Å². The molecule has 0 amide bonds. The molecular formula is C11H12ClNO2. The summed E-state index contributed by atoms with van der Waals surface area (Å²) in [5, 5.41) is 18.6. The standard InChI is InChI=1S/C11H12ClNO2/c1-2-10(14)7-15-11-4-3-9(12)5-8(11)6-13/h3-5,10,14H,2,7H2,1H3/t10-/m1/s1. The molecule has 0 bridgehead atoms. The second-order valence-corrected chi connectivity index (χ2v) is 3.56. The molecule has 80 valence electrons. The number of aliphatic hydroxyl groups is 1. The van der Waals surface area contributed by atoms with E-state index in [1.807, 2.05) is 13.0 Å². The molecule has 3 nitrogen and oxygen atoms in total. The molecule has 0 aromatic heterocycles. The zero-order valence-electron chi connectivity index (χ0n) is 8.40. The zero-order chi connectivity index (χ0) is 11.3. The summed E-state index contributed by atoms with van der Waals surface area (Å²) in [7, 11) is 0. The summed E-state index contributed by atoms with van der Waals surface area (Å²) in [6.45, 7) is 2.05. The molecule has 1 rings (SSSR count). The molecule has 0 fully saturated rings. The van der Waals surface area contributed by atoms with Gasteiger partial charge in [-0.2, -0.15) is 5.26 Å². The lowest BCUT2D eigenvalue weighted by atomic mass is 10.2. The Hall–Kier alpha value is -1.24. The van der Waals surface area contributed by atoms with Gasteiger partial charge in [0.15, 0.2) is 0 Å². The summed E-state index contributed by atoms with van der Waals surface area (Å²) in [5.74, 6) is 0.453. The number of benzene rings is 1. The molecule has 15 heavy (non-hydrogen) atoms. The highest BCUT2D eigenvalue weighted by Crippen LogP contribution is 2.22. The van der Waals surface area contributed by atoms with Crippen LogP contribution in [0.5, 0.6) is 5.75 Å². The van der Waals surface area contributed by atoms with Crippen molar-refractivity contribution < 1.29 is 9.84 Å². The molecule has 1 N–H and O–H groups in total. The third-order valence-electron chi connectivity index (χ3n) is 1.96. The van der Waals surface area contributed by atoms with E-state index in [1.54, 1.807) is 12.1 Å². The molecule has 0 saturated carbocycles. The molecule has 0 unspecified atom stereocenters. The summed E-state index contributed by atoms with van der Waals surface area (Å²) < 4.78 is 5.30. The highest BCUT2D eigenvalue weighted by molar-refractivity contribution is 6.30. The third-order valence-corrected chi connectivity index (χ3v) is 2.20. The number of aliphatic hydroxyl groups excluding tert-OH is 1. The second kappa shape index (κ2) is 5.59. The lowest BCUT2D eigenvalue weighted by Crippen LogP contribution is -2.16. The first-order valence-corrected chi connectivity index (χ1v) is 5.05. The molecule has 0 aliphatic carbocycles. The van der Waals surface area contributed by atoms with Crippen LogP contribution in [0.2, 0.25) is 5.02 Å². The van der Waals surface area contributed by atoms with Crippen LogP contribution in [0.1, 0.15) is 18.9 Å². The van der Waals surface area contributed by atoms with E-state index < -0.39 is 6.10 Å². The lowest BCUT2D eigenvalue weighted by molar-refractivity contribution is 0.104. The number of nitrogens with zero attached hydrogens (tertiary/aromatic N) is 1. The minimum atomic E-state index is -0.507. The van der Waals surface area contributed by atoms with Crippen molar-refractivity contribution in [2.24, 2.45) is 0 Å². The average molecular weight is 226 g/mol. The molecule has 0 aliphatic rings. The van der Waals surface area contributed by atoms with E-state index in [0.717, 1.165) is 0 Å². The fraction of sp³-hybridized carbons (Fsp3) is 0.364. The van der Waals surface area contributed by atoms with Gasteiger partial charge in [-0.25, -0.2) is 0 Å². The Morgan fingerprint density at radius 3 is 2.93 bits per heavy atom. The van der Waals surface area contributed by atoms with Crippen molar-refractivity contribution in [1.82, 2.24) is 0 Å². The highest BCUT2D eigenvalue weighted by atomic mass is 35.5. The Kier molecular flexibility index (Phi) is 4.41. The normalized spacial score (nSPS) is 11.9. The van der Waals surface area contributed by atoms with Crippen LogP contribution in [0.15, 0.2) is 18.2 Å². The van der Waals surface area contributed by atoms with Gasteiger partial charge in [-0.1, -0.05) is 18.5 Å². The Morgan fingerprint density at radius 1 is 1.60 bits per heavy atom. The van der Waals surface area contributed by atoms with Crippen LogP contribution in [0.4, 0.5) is 0 Å². The van der Waals surface area contributed by atoms with Gasteiger partial charge in [0.05, 0.1) is 11.7 Å². The van der Waals surface area contributed by atoms with E-state index in [2.05, 4.69) is 0 Å². The maximum absolute atomic E-state index is 9.30. The summed E-state index contributed by atoms with van der Waals surface area (Å²) in [5.41, 5.74) is 0.380. The van der Waals surface area contributed by atoms with Gasteiger partial charge in [0.2, 0.25) is 0 Å². The lowest BCUT2D eigenvalue weighted by Gasteiger charge is -2.11. The molecule has 0 heterocycles. The first-order valence-electron chi connectivity index (χ1n) is 4.68. The molecule has 0 aliphatic heterocycles. The molecule has 1 aromatic carbocycles. The van der Waals surface area contributed by atoms with Crippen LogP contribution in [0.25, 0.3) is 0 Å². The largest absolute Gasteiger partial charge is 0.490 e. The predicted molar refractivity (Wildman–Crippen MR) is 58.0 cm³/mol. The fourth-order valence-electron chi connectivity index (χ4n) is 1.02. The van der Waals surface area contributed by atoms with Crippen LogP contribution in [-0.2, 0) is 0 Å². The maximum Gasteiger partial charge on any atom is 0.137 e. The van der Waals surface area contributed by atoms with Gasteiger partial charge < -0.3 is 9.84 Å². The second-order valence-electron chi connectivity index (χ2n) is 3.13. The number of nitriles is 1. The van der Waals surface area contributed by atoms with E-state index in [1.165, 1.54) is 6.07 Å². The van der Waals surface area contributed by atoms with Gasteiger partial charge in [0.1, 0.15) is 18.4 Å². The average Bonchev–Trinajstić information content (AvgIpc) is 2.26. The highest BCUT2D eigenvalue weighted by Gasteiger charge is 2.06. The molecule has 1 aromatic rings. The number of hydrogen-bond acceptors (Lipinski definition) is 3. The molecule has 0 saturated heterocycles. The van der Waals surface area contributed by atoms with Crippen molar-refractivity contribution in [2.45, 2.75) is 19.4 Å². The van der Waals surface area contributed by atoms with Gasteiger partial charge >= 0.3 is 0 Å². The van der Waals surface area contributed by atoms with Gasteiger partial charge in [0, 0.05) is 5.02 Å². The predicted octanol–water partition coefficient (Wildman–Crippen LogP) is 2.36. The minimum Gasteiger partial charge on any atom is -0.490 e. The van der Waals surface area contributed by atoms with E-state index in [9.17, 15) is 5.11 Å². The van der Waals surface area contributed by atoms with Gasteiger partial charge in [-0.3, -0.25) is 0 Å². The van der Waals surface area contributed by atoms with Crippen LogP contribution in [0.3, 0.4) is 0 Å². The zero-order valence-corrected chi connectivity index (χ0v) is 9.16. The number of rotatable bonds is 4. The van der Waals surface area contributed by atoms with E-state index in [0.29, 0.717) is 22.8 Å². The first-order chi connectivity index (χ1) is 7.17. The van der Waals surface area contributed by atoms with Crippen LogP contribution < -0.4 is 4.74 Å². The summed E-state index contributed by atoms with van der Waals surface area (Å²) >= 11 is 5.73. The van der Waals surface area contributed by atoms with Crippen molar-refractivity contribution in [3.05, 3.63) is 28.8 Å². The summed E-state index contributed by atoms with van der Waals surface area (Å²) in [6.07, 6.45) is 0.113. The number of hydrogen-bond donors (Lipinski definition) is 1. The molecular weight excluding hydrogens is 214 g/mol. The number of ether oxygens (including phenoxy) is 1. The third kappa shape index (κ3) is 3.43. The fourth-order valence-corrected chi connectivity index (χ4v) is 1.19. The molecule has 0 radical (unpaired) electrons. The molecule has 4 heteroatoms. The molecule has 1 atom stereocenters. The van der Waals surface area contributed by atoms with Crippen LogP contribution in [0, 0.1) is 11.3 Å². The first kappa shape index (κ1) is 11.8. The van der Waals surface area contributed by atoms with Crippen molar-refractivity contribution in [2.75, 3.05) is 6.61 Å². The Labute approximate surface area is 93.9 Å². The maximum atomic E-state index is 9.30. The van der Waals surface area contributed by atoms with Crippen molar-refractivity contribution in [3.63, 3.8) is 0 Å². The topological polar surface area (TPSA) is 53.2 Å². The van der Waals surface area contributed by atoms with E-state index in [-0.39, 0.29) is 6.61 Å². The Bertz CT molecular complexity index is 373. The quantitative estimate of drug-likeness (QED) is 0.856. The monoisotopic (exact) mass is 225 g/mol. The van der Waals surface area contributed by atoms with Crippen molar-refractivity contribution in [3.8, 4) is 11.8 Å². The molecule has 0 spiro atoms.